The van der Waals surface area contributed by atoms with Crippen molar-refractivity contribution in [2.75, 3.05) is 30.0 Å². The van der Waals surface area contributed by atoms with Crippen molar-refractivity contribution in [2.24, 2.45) is 0 Å². The molecule has 0 fully saturated rings. The van der Waals surface area contributed by atoms with E-state index in [-0.39, 0.29) is 5.91 Å². The average Bonchev–Trinajstić information content (AvgIpc) is 2.41. The number of hydrogen-bond donors (Lipinski definition) is 2. The van der Waals surface area contributed by atoms with Crippen molar-refractivity contribution in [1.29, 1.82) is 0 Å². The van der Waals surface area contributed by atoms with Gasteiger partial charge in [0.1, 0.15) is 0 Å². The Hall–Kier alpha value is -2.49. The zero-order valence-electron chi connectivity index (χ0n) is 11.1. The van der Waals surface area contributed by atoms with Gasteiger partial charge in [-0.2, -0.15) is 0 Å². The fourth-order valence-electron chi connectivity index (χ4n) is 1.82. The lowest BCUT2D eigenvalue weighted by Gasteiger charge is -2.16. The van der Waals surface area contributed by atoms with Gasteiger partial charge in [0, 0.05) is 31.2 Å². The minimum Gasteiger partial charge on any atom is -0.399 e. The maximum atomic E-state index is 12.3. The molecule has 0 aliphatic rings. The number of nitrogens with one attached hydrogen (secondary N) is 1. The van der Waals surface area contributed by atoms with Crippen molar-refractivity contribution >= 4 is 23.0 Å². The zero-order valence-corrected chi connectivity index (χ0v) is 11.1. The van der Waals surface area contributed by atoms with Crippen molar-refractivity contribution in [1.82, 2.24) is 0 Å². The van der Waals surface area contributed by atoms with Gasteiger partial charge in [-0.3, -0.25) is 4.79 Å². The molecule has 1 amide bonds. The first-order chi connectivity index (χ1) is 9.08. The molecule has 0 spiro atoms. The number of amides is 1. The monoisotopic (exact) mass is 255 g/mol. The Morgan fingerprint density at radius 2 is 1.68 bits per heavy atom. The number of nitrogen functional groups attached to an aromatic ring is 1. The molecule has 0 unspecified atom stereocenters. The van der Waals surface area contributed by atoms with Crippen LogP contribution in [0.5, 0.6) is 0 Å². The predicted molar refractivity (Wildman–Crippen MR) is 79.6 cm³/mol. The summed E-state index contributed by atoms with van der Waals surface area (Å²) in [4.78, 5) is 14.2. The molecular weight excluding hydrogens is 238 g/mol. The molecule has 2 aromatic rings. The van der Waals surface area contributed by atoms with Crippen molar-refractivity contribution in [2.45, 2.75) is 0 Å². The summed E-state index contributed by atoms with van der Waals surface area (Å²) >= 11 is 0. The number of nitrogens with zero attached hydrogens (tertiary/aromatic N) is 1. The van der Waals surface area contributed by atoms with E-state index in [4.69, 9.17) is 5.73 Å². The van der Waals surface area contributed by atoms with Gasteiger partial charge in [-0.15, -0.1) is 0 Å². The lowest BCUT2D eigenvalue weighted by Crippen LogP contribution is -2.18. The molecule has 0 atom stereocenters. The van der Waals surface area contributed by atoms with Crippen LogP contribution in [0.15, 0.2) is 48.5 Å². The van der Waals surface area contributed by atoms with Gasteiger partial charge >= 0.3 is 0 Å². The summed E-state index contributed by atoms with van der Waals surface area (Å²) in [5.41, 5.74) is 8.54. The summed E-state index contributed by atoms with van der Waals surface area (Å²) < 4.78 is 0. The summed E-state index contributed by atoms with van der Waals surface area (Å²) in [5, 5.41) is 2.86. The smallest absolute Gasteiger partial charge is 0.257 e. The highest BCUT2D eigenvalue weighted by Gasteiger charge is 2.12. The van der Waals surface area contributed by atoms with Crippen LogP contribution in [-0.2, 0) is 0 Å². The molecule has 0 aromatic heterocycles. The molecule has 2 aromatic carbocycles. The quantitative estimate of drug-likeness (QED) is 0.829. The maximum absolute atomic E-state index is 12.3. The number of carbonyl (C=O) groups excluding carboxylic acids is 1. The second-order valence-electron chi connectivity index (χ2n) is 4.49. The minimum absolute atomic E-state index is 0.130. The molecule has 0 saturated heterocycles. The summed E-state index contributed by atoms with van der Waals surface area (Å²) in [7, 11) is 3.82. The molecule has 19 heavy (non-hydrogen) atoms. The standard InChI is InChI=1S/C15H17N3O/c1-18(2)14-6-4-3-5-13(14)15(19)17-12-9-7-11(16)8-10-12/h3-10H,16H2,1-2H3,(H,17,19). The Kier molecular flexibility index (Phi) is 3.71. The van der Waals surface area contributed by atoms with Gasteiger partial charge in [-0.1, -0.05) is 12.1 Å². The normalized spacial score (nSPS) is 10.0. The van der Waals surface area contributed by atoms with Crippen molar-refractivity contribution in [3.05, 3.63) is 54.1 Å². The first-order valence-electron chi connectivity index (χ1n) is 6.01. The molecule has 2 rings (SSSR count). The Morgan fingerprint density at radius 1 is 1.05 bits per heavy atom. The molecule has 98 valence electrons. The number of carbonyl (C=O) groups is 1. The second-order valence-corrected chi connectivity index (χ2v) is 4.49. The highest BCUT2D eigenvalue weighted by molar-refractivity contribution is 6.08. The molecule has 0 aliphatic carbocycles. The lowest BCUT2D eigenvalue weighted by atomic mass is 10.1. The number of nitrogens with two attached hydrogens (primary N) is 1. The third-order valence-corrected chi connectivity index (χ3v) is 2.80. The van der Waals surface area contributed by atoms with Crippen LogP contribution in [0.1, 0.15) is 10.4 Å². The topological polar surface area (TPSA) is 58.4 Å². The highest BCUT2D eigenvalue weighted by atomic mass is 16.1. The van der Waals surface area contributed by atoms with Crippen LogP contribution in [0, 0.1) is 0 Å². The maximum Gasteiger partial charge on any atom is 0.257 e. The van der Waals surface area contributed by atoms with Crippen LogP contribution in [0.3, 0.4) is 0 Å². The van der Waals surface area contributed by atoms with Crippen LogP contribution in [0.2, 0.25) is 0 Å². The fourth-order valence-corrected chi connectivity index (χ4v) is 1.82. The number of anilines is 3. The summed E-state index contributed by atoms with van der Waals surface area (Å²) in [6.07, 6.45) is 0. The van der Waals surface area contributed by atoms with E-state index in [0.29, 0.717) is 11.3 Å². The molecule has 0 aliphatic heterocycles. The highest BCUT2D eigenvalue weighted by Crippen LogP contribution is 2.20. The Morgan fingerprint density at radius 3 is 2.32 bits per heavy atom. The summed E-state index contributed by atoms with van der Waals surface area (Å²) in [6.45, 7) is 0. The third-order valence-electron chi connectivity index (χ3n) is 2.80. The Balaban J connectivity index is 2.23. The Bertz CT molecular complexity index is 576. The van der Waals surface area contributed by atoms with Crippen LogP contribution in [-0.4, -0.2) is 20.0 Å². The molecule has 4 nitrogen and oxygen atoms in total. The predicted octanol–water partition coefficient (Wildman–Crippen LogP) is 2.59. The second kappa shape index (κ2) is 5.44. The van der Waals surface area contributed by atoms with E-state index in [0.717, 1.165) is 11.4 Å². The molecule has 0 saturated carbocycles. The summed E-state index contributed by atoms with van der Waals surface area (Å²) in [5.74, 6) is -0.130. The van der Waals surface area contributed by atoms with E-state index in [2.05, 4.69) is 5.32 Å². The Labute approximate surface area is 112 Å². The molecular formula is C15H17N3O. The number of hydrogen-bond acceptors (Lipinski definition) is 3. The van der Waals surface area contributed by atoms with Crippen molar-refractivity contribution < 1.29 is 4.79 Å². The van der Waals surface area contributed by atoms with E-state index in [1.165, 1.54) is 0 Å². The van der Waals surface area contributed by atoms with E-state index in [9.17, 15) is 4.79 Å². The van der Waals surface area contributed by atoms with Crippen LogP contribution >= 0.6 is 0 Å². The van der Waals surface area contributed by atoms with Crippen molar-refractivity contribution in [3.8, 4) is 0 Å². The first-order valence-corrected chi connectivity index (χ1v) is 6.01. The van der Waals surface area contributed by atoms with Gasteiger partial charge < -0.3 is 16.0 Å². The zero-order chi connectivity index (χ0) is 13.8. The van der Waals surface area contributed by atoms with Crippen LogP contribution in [0.4, 0.5) is 17.1 Å². The average molecular weight is 255 g/mol. The fraction of sp³-hybridized carbons (Fsp3) is 0.133. The number of benzene rings is 2. The van der Waals surface area contributed by atoms with Gasteiger partial charge in [0.15, 0.2) is 0 Å². The number of para-hydroxylation sites is 1. The van der Waals surface area contributed by atoms with Crippen molar-refractivity contribution in [3.63, 3.8) is 0 Å². The molecule has 3 N–H and O–H groups in total. The van der Waals surface area contributed by atoms with E-state index in [1.54, 1.807) is 24.3 Å². The number of rotatable bonds is 3. The van der Waals surface area contributed by atoms with Gasteiger partial charge in [0.25, 0.3) is 5.91 Å². The SMILES string of the molecule is CN(C)c1ccccc1C(=O)Nc1ccc(N)cc1. The molecule has 0 radical (unpaired) electrons. The van der Waals surface area contributed by atoms with Crippen LogP contribution in [0.25, 0.3) is 0 Å². The first kappa shape index (κ1) is 13.0. The van der Waals surface area contributed by atoms with E-state index < -0.39 is 0 Å². The van der Waals surface area contributed by atoms with Gasteiger partial charge in [0.2, 0.25) is 0 Å². The molecule has 0 heterocycles. The van der Waals surface area contributed by atoms with E-state index in [1.807, 2.05) is 43.3 Å². The van der Waals surface area contributed by atoms with Gasteiger partial charge in [0.05, 0.1) is 5.56 Å². The van der Waals surface area contributed by atoms with E-state index >= 15 is 0 Å². The largest absolute Gasteiger partial charge is 0.399 e. The molecule has 4 heteroatoms. The van der Waals surface area contributed by atoms with Gasteiger partial charge in [-0.25, -0.2) is 0 Å². The van der Waals surface area contributed by atoms with Crippen LogP contribution < -0.4 is 16.0 Å². The van der Waals surface area contributed by atoms with Gasteiger partial charge in [-0.05, 0) is 36.4 Å². The molecule has 0 bridgehead atoms. The minimum atomic E-state index is -0.130. The lowest BCUT2D eigenvalue weighted by molar-refractivity contribution is 0.102. The summed E-state index contributed by atoms with van der Waals surface area (Å²) in [6, 6.07) is 14.6. The third kappa shape index (κ3) is 3.04.